The van der Waals surface area contributed by atoms with Crippen molar-refractivity contribution in [2.75, 3.05) is 0 Å². The van der Waals surface area contributed by atoms with Crippen LogP contribution >= 0.6 is 12.4 Å². The first-order valence-corrected chi connectivity index (χ1v) is 8.93. The average molecular weight is 376 g/mol. The third-order valence-corrected chi connectivity index (χ3v) is 4.54. The third kappa shape index (κ3) is 5.71. The van der Waals surface area contributed by atoms with Gasteiger partial charge in [0, 0.05) is 30.9 Å². The maximum Gasteiger partial charge on any atom is 0.251 e. The minimum Gasteiger partial charge on any atom is -0.474 e. The molecule has 3 rings (SSSR count). The summed E-state index contributed by atoms with van der Waals surface area (Å²) in [5.41, 5.74) is 8.19. The molecule has 2 aromatic rings. The lowest BCUT2D eigenvalue weighted by molar-refractivity contribution is 0.0950. The molecule has 6 heteroatoms. The van der Waals surface area contributed by atoms with Crippen LogP contribution in [-0.4, -0.2) is 17.0 Å². The van der Waals surface area contributed by atoms with Gasteiger partial charge >= 0.3 is 0 Å². The van der Waals surface area contributed by atoms with Crippen LogP contribution in [0, 0.1) is 0 Å². The summed E-state index contributed by atoms with van der Waals surface area (Å²) < 4.78 is 5.98. The largest absolute Gasteiger partial charge is 0.474 e. The molecule has 0 spiro atoms. The number of amides is 1. The van der Waals surface area contributed by atoms with Gasteiger partial charge in [-0.25, -0.2) is 4.98 Å². The Balaban J connectivity index is 0.00000243. The highest BCUT2D eigenvalue weighted by molar-refractivity contribution is 5.94. The normalized spacial score (nSPS) is 14.3. The molecule has 140 valence electrons. The van der Waals surface area contributed by atoms with Crippen molar-refractivity contribution in [3.8, 4) is 5.88 Å². The number of nitrogens with two attached hydrogens (primary N) is 1. The second-order valence-corrected chi connectivity index (χ2v) is 6.46. The Morgan fingerprint density at radius 2 is 1.85 bits per heavy atom. The van der Waals surface area contributed by atoms with Crippen LogP contribution in [0.1, 0.15) is 53.6 Å². The molecule has 1 saturated carbocycles. The minimum absolute atomic E-state index is 0. The molecule has 1 aromatic carbocycles. The van der Waals surface area contributed by atoms with Gasteiger partial charge in [-0.2, -0.15) is 0 Å². The van der Waals surface area contributed by atoms with Crippen LogP contribution in [0.3, 0.4) is 0 Å². The standard InChI is InChI=1S/C20H25N3O2.ClH/c21-13-15-6-8-17(9-7-15)20(24)23-14-16-10-11-22-19(12-16)25-18-4-2-1-3-5-18;/h6-12,18H,1-5,13-14,21H2,(H,23,24);1H. The van der Waals surface area contributed by atoms with Gasteiger partial charge in [-0.05, 0) is 55.0 Å². The summed E-state index contributed by atoms with van der Waals surface area (Å²) in [6.45, 7) is 0.920. The average Bonchev–Trinajstić information content (AvgIpc) is 2.67. The molecule has 1 aliphatic carbocycles. The van der Waals surface area contributed by atoms with Crippen molar-refractivity contribution in [2.45, 2.75) is 51.3 Å². The monoisotopic (exact) mass is 375 g/mol. The molecular weight excluding hydrogens is 350 g/mol. The van der Waals surface area contributed by atoms with Crippen molar-refractivity contribution in [3.05, 3.63) is 59.3 Å². The lowest BCUT2D eigenvalue weighted by Crippen LogP contribution is -2.23. The Morgan fingerprint density at radius 3 is 2.54 bits per heavy atom. The molecule has 1 aliphatic rings. The number of rotatable bonds is 6. The van der Waals surface area contributed by atoms with E-state index in [-0.39, 0.29) is 24.4 Å². The molecule has 3 N–H and O–H groups in total. The van der Waals surface area contributed by atoms with E-state index in [0.717, 1.165) is 24.0 Å². The van der Waals surface area contributed by atoms with E-state index in [1.807, 2.05) is 24.3 Å². The first kappa shape index (κ1) is 20.2. The van der Waals surface area contributed by atoms with Gasteiger partial charge in [0.25, 0.3) is 5.91 Å². The van der Waals surface area contributed by atoms with Crippen LogP contribution < -0.4 is 15.8 Å². The zero-order valence-corrected chi connectivity index (χ0v) is 15.6. The molecular formula is C20H26ClN3O2. The maximum atomic E-state index is 12.2. The number of nitrogens with one attached hydrogen (secondary N) is 1. The van der Waals surface area contributed by atoms with Crippen LogP contribution in [0.25, 0.3) is 0 Å². The molecule has 1 aromatic heterocycles. The summed E-state index contributed by atoms with van der Waals surface area (Å²) in [4.78, 5) is 16.5. The van der Waals surface area contributed by atoms with Crippen molar-refractivity contribution in [3.63, 3.8) is 0 Å². The van der Waals surface area contributed by atoms with E-state index in [0.29, 0.717) is 24.5 Å². The van der Waals surface area contributed by atoms with Crippen molar-refractivity contribution < 1.29 is 9.53 Å². The number of benzene rings is 1. The molecule has 0 bridgehead atoms. The number of ether oxygens (including phenoxy) is 1. The molecule has 1 amide bonds. The first-order chi connectivity index (χ1) is 12.2. The second-order valence-electron chi connectivity index (χ2n) is 6.46. The first-order valence-electron chi connectivity index (χ1n) is 8.93. The molecule has 0 atom stereocenters. The number of halogens is 1. The highest BCUT2D eigenvalue weighted by Crippen LogP contribution is 2.22. The van der Waals surface area contributed by atoms with Crippen molar-refractivity contribution in [2.24, 2.45) is 5.73 Å². The number of hydrogen-bond donors (Lipinski definition) is 2. The third-order valence-electron chi connectivity index (χ3n) is 4.54. The van der Waals surface area contributed by atoms with E-state index in [1.165, 1.54) is 19.3 Å². The van der Waals surface area contributed by atoms with Gasteiger partial charge < -0.3 is 15.8 Å². The summed E-state index contributed by atoms with van der Waals surface area (Å²) in [6, 6.07) is 11.1. The molecule has 0 unspecified atom stereocenters. The maximum absolute atomic E-state index is 12.2. The molecule has 1 fully saturated rings. The second kappa shape index (κ2) is 10.1. The zero-order chi connectivity index (χ0) is 17.5. The van der Waals surface area contributed by atoms with Gasteiger partial charge in [-0.15, -0.1) is 12.4 Å². The number of nitrogens with zero attached hydrogens (tertiary/aromatic N) is 1. The van der Waals surface area contributed by atoms with Gasteiger partial charge in [-0.3, -0.25) is 4.79 Å². The SMILES string of the molecule is Cl.NCc1ccc(C(=O)NCc2ccnc(OC3CCCCC3)c2)cc1. The Labute approximate surface area is 160 Å². The van der Waals surface area contributed by atoms with Crippen LogP contribution in [0.5, 0.6) is 5.88 Å². The van der Waals surface area contributed by atoms with E-state index in [1.54, 1.807) is 18.3 Å². The van der Waals surface area contributed by atoms with Crippen LogP contribution in [0.4, 0.5) is 0 Å². The Morgan fingerprint density at radius 1 is 1.12 bits per heavy atom. The van der Waals surface area contributed by atoms with E-state index in [4.69, 9.17) is 10.5 Å². The molecule has 1 heterocycles. The predicted molar refractivity (Wildman–Crippen MR) is 104 cm³/mol. The van der Waals surface area contributed by atoms with Gasteiger partial charge in [-0.1, -0.05) is 18.6 Å². The van der Waals surface area contributed by atoms with Crippen LogP contribution in [0.2, 0.25) is 0 Å². The fourth-order valence-corrected chi connectivity index (χ4v) is 3.06. The predicted octanol–water partition coefficient (Wildman–Crippen LogP) is 3.60. The number of carbonyl (C=O) groups is 1. The number of hydrogen-bond acceptors (Lipinski definition) is 4. The lowest BCUT2D eigenvalue weighted by atomic mass is 9.98. The molecule has 0 aliphatic heterocycles. The van der Waals surface area contributed by atoms with E-state index in [2.05, 4.69) is 10.3 Å². The zero-order valence-electron chi connectivity index (χ0n) is 14.8. The Bertz CT molecular complexity index is 700. The van der Waals surface area contributed by atoms with Gasteiger partial charge in [0.2, 0.25) is 5.88 Å². The summed E-state index contributed by atoms with van der Waals surface area (Å²) in [7, 11) is 0. The van der Waals surface area contributed by atoms with E-state index in [9.17, 15) is 4.79 Å². The molecule has 0 saturated heterocycles. The summed E-state index contributed by atoms with van der Waals surface area (Å²) in [5, 5.41) is 2.93. The number of pyridine rings is 1. The summed E-state index contributed by atoms with van der Waals surface area (Å²) in [5.74, 6) is 0.543. The van der Waals surface area contributed by atoms with Crippen LogP contribution in [0.15, 0.2) is 42.6 Å². The Kier molecular flexibility index (Phi) is 7.88. The quantitative estimate of drug-likeness (QED) is 0.808. The molecule has 0 radical (unpaired) electrons. The fourth-order valence-electron chi connectivity index (χ4n) is 3.06. The smallest absolute Gasteiger partial charge is 0.251 e. The highest BCUT2D eigenvalue weighted by atomic mass is 35.5. The molecule has 26 heavy (non-hydrogen) atoms. The van der Waals surface area contributed by atoms with Crippen molar-refractivity contribution in [1.29, 1.82) is 0 Å². The van der Waals surface area contributed by atoms with Crippen LogP contribution in [-0.2, 0) is 13.1 Å². The summed E-state index contributed by atoms with van der Waals surface area (Å²) >= 11 is 0. The van der Waals surface area contributed by atoms with Crippen molar-refractivity contribution >= 4 is 18.3 Å². The lowest BCUT2D eigenvalue weighted by Gasteiger charge is -2.22. The number of aromatic nitrogens is 1. The van der Waals surface area contributed by atoms with Gasteiger partial charge in [0.15, 0.2) is 0 Å². The highest BCUT2D eigenvalue weighted by Gasteiger charge is 2.15. The Hall–Kier alpha value is -2.11. The van der Waals surface area contributed by atoms with E-state index < -0.39 is 0 Å². The fraction of sp³-hybridized carbons (Fsp3) is 0.400. The van der Waals surface area contributed by atoms with Gasteiger partial charge in [0.1, 0.15) is 6.10 Å². The summed E-state index contributed by atoms with van der Waals surface area (Å²) in [6.07, 6.45) is 7.95. The topological polar surface area (TPSA) is 77.2 Å². The minimum atomic E-state index is -0.102. The van der Waals surface area contributed by atoms with E-state index >= 15 is 0 Å². The van der Waals surface area contributed by atoms with Gasteiger partial charge in [0.05, 0.1) is 0 Å². The van der Waals surface area contributed by atoms with Crippen molar-refractivity contribution in [1.82, 2.24) is 10.3 Å². The molecule has 5 nitrogen and oxygen atoms in total. The number of carbonyl (C=O) groups excluding carboxylic acids is 1.